The Bertz CT molecular complexity index is 611. The topological polar surface area (TPSA) is 12.0 Å². The van der Waals surface area contributed by atoms with Crippen LogP contribution in [-0.2, 0) is 12.8 Å². The highest BCUT2D eigenvalue weighted by atomic mass is 35.5. The Morgan fingerprint density at radius 3 is 2.33 bits per heavy atom. The summed E-state index contributed by atoms with van der Waals surface area (Å²) in [6.45, 7) is 0. The summed E-state index contributed by atoms with van der Waals surface area (Å²) in [6, 6.07) is 8.66. The number of halogens is 4. The minimum absolute atomic E-state index is 0.0984. The number of hydrogen-bond donors (Lipinski definition) is 1. The Kier molecular flexibility index (Phi) is 5.57. The van der Waals surface area contributed by atoms with E-state index in [9.17, 15) is 8.78 Å². The molecule has 0 amide bonds. The number of hydrogen-bond acceptors (Lipinski definition) is 1. The van der Waals surface area contributed by atoms with E-state index in [0.717, 1.165) is 17.7 Å². The maximum absolute atomic E-state index is 13.7. The molecule has 112 valence electrons. The SMILES string of the molecule is CNC(Cc1cc(F)ccc1F)Cc1c(Cl)cccc1Cl. The number of likely N-dealkylation sites (N-methyl/N-ethyl adjacent to an activating group) is 1. The molecule has 2 aromatic rings. The van der Waals surface area contributed by atoms with Gasteiger partial charge in [0.1, 0.15) is 11.6 Å². The van der Waals surface area contributed by atoms with E-state index in [-0.39, 0.29) is 6.04 Å². The molecule has 0 spiro atoms. The summed E-state index contributed by atoms with van der Waals surface area (Å²) in [4.78, 5) is 0. The molecule has 0 saturated carbocycles. The first-order valence-electron chi connectivity index (χ1n) is 6.55. The molecule has 0 aliphatic rings. The lowest BCUT2D eigenvalue weighted by atomic mass is 9.98. The van der Waals surface area contributed by atoms with E-state index in [1.54, 1.807) is 25.2 Å². The molecule has 1 unspecified atom stereocenters. The minimum atomic E-state index is -0.447. The fourth-order valence-corrected chi connectivity index (χ4v) is 2.77. The molecule has 2 aromatic carbocycles. The highest BCUT2D eigenvalue weighted by Crippen LogP contribution is 2.26. The molecule has 0 bridgehead atoms. The van der Waals surface area contributed by atoms with Crippen molar-refractivity contribution in [3.63, 3.8) is 0 Å². The van der Waals surface area contributed by atoms with Gasteiger partial charge in [-0.15, -0.1) is 0 Å². The summed E-state index contributed by atoms with van der Waals surface area (Å²) >= 11 is 12.3. The van der Waals surface area contributed by atoms with Crippen LogP contribution in [0, 0.1) is 11.6 Å². The van der Waals surface area contributed by atoms with Crippen molar-refractivity contribution in [3.8, 4) is 0 Å². The van der Waals surface area contributed by atoms with Gasteiger partial charge in [-0.3, -0.25) is 0 Å². The van der Waals surface area contributed by atoms with Crippen molar-refractivity contribution in [3.05, 3.63) is 69.2 Å². The summed E-state index contributed by atoms with van der Waals surface area (Å²) in [5.74, 6) is -0.862. The van der Waals surface area contributed by atoms with Gasteiger partial charge in [-0.25, -0.2) is 8.78 Å². The number of rotatable bonds is 5. The first kappa shape index (κ1) is 16.2. The standard InChI is InChI=1S/C16H15Cl2F2N/c1-21-12(8-10-7-11(19)5-6-16(10)20)9-13-14(17)3-2-4-15(13)18/h2-7,12,21H,8-9H2,1H3. The smallest absolute Gasteiger partial charge is 0.126 e. The van der Waals surface area contributed by atoms with E-state index >= 15 is 0 Å². The van der Waals surface area contributed by atoms with Crippen molar-refractivity contribution in [1.82, 2.24) is 5.32 Å². The van der Waals surface area contributed by atoms with Crippen LogP contribution in [0.4, 0.5) is 8.78 Å². The molecule has 0 aliphatic heterocycles. The van der Waals surface area contributed by atoms with Crippen LogP contribution in [0.3, 0.4) is 0 Å². The Morgan fingerprint density at radius 2 is 1.71 bits per heavy atom. The van der Waals surface area contributed by atoms with Crippen LogP contribution in [0.5, 0.6) is 0 Å². The molecule has 0 saturated heterocycles. The van der Waals surface area contributed by atoms with Gasteiger partial charge in [0, 0.05) is 16.1 Å². The third kappa shape index (κ3) is 4.16. The lowest BCUT2D eigenvalue weighted by molar-refractivity contribution is 0.525. The number of benzene rings is 2. The summed E-state index contributed by atoms with van der Waals surface area (Å²) in [7, 11) is 1.77. The molecule has 0 aliphatic carbocycles. The van der Waals surface area contributed by atoms with E-state index in [0.29, 0.717) is 28.5 Å². The van der Waals surface area contributed by atoms with Crippen molar-refractivity contribution >= 4 is 23.2 Å². The van der Waals surface area contributed by atoms with E-state index in [2.05, 4.69) is 5.32 Å². The summed E-state index contributed by atoms with van der Waals surface area (Å²) in [5, 5.41) is 4.24. The van der Waals surface area contributed by atoms with Crippen LogP contribution in [0.25, 0.3) is 0 Å². The maximum Gasteiger partial charge on any atom is 0.126 e. The predicted octanol–water partition coefficient (Wildman–Crippen LogP) is 4.64. The molecule has 0 heterocycles. The zero-order valence-electron chi connectivity index (χ0n) is 11.5. The first-order valence-corrected chi connectivity index (χ1v) is 7.31. The van der Waals surface area contributed by atoms with Gasteiger partial charge in [0.15, 0.2) is 0 Å². The van der Waals surface area contributed by atoms with Gasteiger partial charge >= 0.3 is 0 Å². The van der Waals surface area contributed by atoms with Crippen LogP contribution < -0.4 is 5.32 Å². The Balaban J connectivity index is 2.19. The fraction of sp³-hybridized carbons (Fsp3) is 0.250. The molecular formula is C16H15Cl2F2N. The summed E-state index contributed by atoms with van der Waals surface area (Å²) in [6.07, 6.45) is 0.882. The predicted molar refractivity (Wildman–Crippen MR) is 83.1 cm³/mol. The average molecular weight is 330 g/mol. The molecule has 1 N–H and O–H groups in total. The van der Waals surface area contributed by atoms with Crippen LogP contribution in [0.15, 0.2) is 36.4 Å². The first-order chi connectivity index (χ1) is 10.0. The Labute approximate surface area is 132 Å². The van der Waals surface area contributed by atoms with Crippen molar-refractivity contribution in [1.29, 1.82) is 0 Å². The van der Waals surface area contributed by atoms with Gasteiger partial charge in [-0.1, -0.05) is 29.3 Å². The van der Waals surface area contributed by atoms with Crippen molar-refractivity contribution < 1.29 is 8.78 Å². The normalized spacial score (nSPS) is 12.4. The minimum Gasteiger partial charge on any atom is -0.316 e. The largest absolute Gasteiger partial charge is 0.316 e. The van der Waals surface area contributed by atoms with Gasteiger partial charge in [0.25, 0.3) is 0 Å². The number of nitrogens with one attached hydrogen (secondary N) is 1. The fourth-order valence-electron chi connectivity index (χ4n) is 2.22. The van der Waals surface area contributed by atoms with Crippen molar-refractivity contribution in [2.24, 2.45) is 0 Å². The van der Waals surface area contributed by atoms with Crippen LogP contribution in [0.1, 0.15) is 11.1 Å². The lowest BCUT2D eigenvalue weighted by Gasteiger charge is -2.18. The maximum atomic E-state index is 13.7. The zero-order valence-corrected chi connectivity index (χ0v) is 13.0. The zero-order chi connectivity index (χ0) is 15.4. The molecule has 1 atom stereocenters. The van der Waals surface area contributed by atoms with E-state index in [1.165, 1.54) is 6.07 Å². The molecular weight excluding hydrogens is 315 g/mol. The van der Waals surface area contributed by atoms with Gasteiger partial charge in [0.05, 0.1) is 0 Å². The average Bonchev–Trinajstić information content (AvgIpc) is 2.45. The summed E-state index contributed by atoms with van der Waals surface area (Å²) < 4.78 is 26.9. The van der Waals surface area contributed by atoms with Crippen LogP contribution >= 0.6 is 23.2 Å². The van der Waals surface area contributed by atoms with Gasteiger partial charge in [0.2, 0.25) is 0 Å². The lowest BCUT2D eigenvalue weighted by Crippen LogP contribution is -2.30. The molecule has 5 heteroatoms. The molecule has 0 fully saturated rings. The molecule has 0 aromatic heterocycles. The van der Waals surface area contributed by atoms with Crippen LogP contribution in [0.2, 0.25) is 10.0 Å². The summed E-state index contributed by atoms with van der Waals surface area (Å²) in [5.41, 5.74) is 1.13. The monoisotopic (exact) mass is 329 g/mol. The molecule has 1 nitrogen and oxygen atoms in total. The second-order valence-corrected chi connectivity index (χ2v) is 5.64. The Morgan fingerprint density at radius 1 is 1.05 bits per heavy atom. The van der Waals surface area contributed by atoms with E-state index < -0.39 is 11.6 Å². The van der Waals surface area contributed by atoms with E-state index in [1.807, 2.05) is 0 Å². The molecule has 2 rings (SSSR count). The van der Waals surface area contributed by atoms with E-state index in [4.69, 9.17) is 23.2 Å². The van der Waals surface area contributed by atoms with Gasteiger partial charge < -0.3 is 5.32 Å². The Hall–Kier alpha value is -1.16. The molecule has 21 heavy (non-hydrogen) atoms. The second-order valence-electron chi connectivity index (χ2n) is 4.83. The third-order valence-electron chi connectivity index (χ3n) is 3.39. The van der Waals surface area contributed by atoms with Crippen LogP contribution in [-0.4, -0.2) is 13.1 Å². The molecule has 0 radical (unpaired) electrons. The van der Waals surface area contributed by atoms with Gasteiger partial charge in [-0.05, 0) is 61.3 Å². The van der Waals surface area contributed by atoms with Gasteiger partial charge in [-0.2, -0.15) is 0 Å². The highest BCUT2D eigenvalue weighted by Gasteiger charge is 2.15. The quantitative estimate of drug-likeness (QED) is 0.842. The van der Waals surface area contributed by atoms with Crippen molar-refractivity contribution in [2.75, 3.05) is 7.05 Å². The second kappa shape index (κ2) is 7.21. The highest BCUT2D eigenvalue weighted by molar-refractivity contribution is 6.36. The van der Waals surface area contributed by atoms with Crippen molar-refractivity contribution in [2.45, 2.75) is 18.9 Å². The third-order valence-corrected chi connectivity index (χ3v) is 4.10.